The molecule has 2 aliphatic heterocycles. The average molecular weight is 610 g/mol. The molecular formula is C27H33FN3O8PS. The number of nitrogens with one attached hydrogen (secondary N) is 1. The van der Waals surface area contributed by atoms with Gasteiger partial charge in [-0.15, -0.1) is 11.3 Å². The molecule has 2 N–H and O–H groups in total. The molecular weight excluding hydrogens is 576 g/mol. The molecule has 1 unspecified atom stereocenters. The molecule has 0 bridgehead atoms. The van der Waals surface area contributed by atoms with Crippen molar-refractivity contribution in [1.29, 1.82) is 0 Å². The second-order valence-electron chi connectivity index (χ2n) is 10.2. The molecule has 4 rings (SSSR count). The van der Waals surface area contributed by atoms with Gasteiger partial charge >= 0.3 is 13.7 Å². The van der Waals surface area contributed by atoms with E-state index >= 15 is 4.39 Å². The third-order valence-electron chi connectivity index (χ3n) is 6.38. The third kappa shape index (κ3) is 7.29. The molecule has 0 aliphatic carbocycles. The van der Waals surface area contributed by atoms with E-state index in [0.29, 0.717) is 5.57 Å². The van der Waals surface area contributed by atoms with Crippen molar-refractivity contribution < 1.29 is 42.2 Å². The lowest BCUT2D eigenvalue weighted by Gasteiger charge is -2.33. The molecule has 1 amide bonds. The van der Waals surface area contributed by atoms with E-state index in [1.165, 1.54) is 24.5 Å². The predicted molar refractivity (Wildman–Crippen MR) is 149 cm³/mol. The van der Waals surface area contributed by atoms with Crippen molar-refractivity contribution in [1.82, 2.24) is 15.0 Å². The number of amides is 1. The predicted octanol–water partition coefficient (Wildman–Crippen LogP) is 4.36. The number of esters is 1. The number of hydrogen-bond donors (Lipinski definition) is 2. The van der Waals surface area contributed by atoms with E-state index in [1.807, 2.05) is 5.38 Å². The zero-order valence-electron chi connectivity index (χ0n) is 23.1. The molecule has 0 spiro atoms. The molecule has 14 heteroatoms. The van der Waals surface area contributed by atoms with E-state index in [0.717, 1.165) is 23.1 Å². The summed E-state index contributed by atoms with van der Waals surface area (Å²) in [5, 5.41) is 15.2. The number of allylic oxidation sites excluding steroid dienone is 1. The molecule has 1 aromatic heterocycles. The third-order valence-corrected chi connectivity index (χ3v) is 8.61. The van der Waals surface area contributed by atoms with Crippen molar-refractivity contribution in [3.05, 3.63) is 59.6 Å². The number of aliphatic hydroxyl groups is 1. The smallest absolute Gasteiger partial charge is 0.459 e. The Balaban J connectivity index is 1.51. The van der Waals surface area contributed by atoms with Gasteiger partial charge in [0.05, 0.1) is 30.3 Å². The number of nitrogens with zero attached hydrogens (tertiary/aromatic N) is 2. The number of benzene rings is 1. The number of hydrogen-bond acceptors (Lipinski definition) is 10. The number of thiazole rings is 1. The van der Waals surface area contributed by atoms with E-state index < -0.39 is 62.5 Å². The van der Waals surface area contributed by atoms with Crippen LogP contribution in [0.15, 0.2) is 59.6 Å². The Labute approximate surface area is 241 Å². The Bertz CT molecular complexity index is 1330. The van der Waals surface area contributed by atoms with Gasteiger partial charge in [0.1, 0.15) is 24.0 Å². The van der Waals surface area contributed by atoms with E-state index in [9.17, 15) is 19.3 Å². The van der Waals surface area contributed by atoms with Crippen molar-refractivity contribution in [2.45, 2.75) is 70.4 Å². The van der Waals surface area contributed by atoms with Crippen LogP contribution in [0.4, 0.5) is 4.39 Å². The van der Waals surface area contributed by atoms with E-state index in [-0.39, 0.29) is 12.2 Å². The molecule has 1 fully saturated rings. The van der Waals surface area contributed by atoms with Gasteiger partial charge in [0.2, 0.25) is 5.91 Å². The topological polar surface area (TPSA) is 137 Å². The van der Waals surface area contributed by atoms with Gasteiger partial charge in [0.15, 0.2) is 11.9 Å². The van der Waals surface area contributed by atoms with Gasteiger partial charge < -0.3 is 19.1 Å². The first-order chi connectivity index (χ1) is 19.3. The molecule has 1 saturated heterocycles. The molecule has 0 radical (unpaired) electrons. The summed E-state index contributed by atoms with van der Waals surface area (Å²) in [5.41, 5.74) is 1.43. The van der Waals surface area contributed by atoms with E-state index in [2.05, 4.69) is 16.7 Å². The Hall–Kier alpha value is -2.93. The fourth-order valence-electron chi connectivity index (χ4n) is 4.24. The molecule has 3 heterocycles. The Morgan fingerprint density at radius 3 is 2.68 bits per heavy atom. The van der Waals surface area contributed by atoms with Crippen molar-refractivity contribution in [3.63, 3.8) is 0 Å². The minimum atomic E-state index is -4.35. The van der Waals surface area contributed by atoms with Crippen LogP contribution in [0.1, 0.15) is 34.1 Å². The lowest BCUT2D eigenvalue weighted by Crippen LogP contribution is -2.51. The van der Waals surface area contributed by atoms with Crippen LogP contribution in [-0.4, -0.2) is 69.7 Å². The van der Waals surface area contributed by atoms with Crippen molar-refractivity contribution in [2.24, 2.45) is 0 Å². The van der Waals surface area contributed by atoms with Gasteiger partial charge in [-0.1, -0.05) is 6.58 Å². The van der Waals surface area contributed by atoms with Crippen LogP contribution in [-0.2, 0) is 28.2 Å². The summed E-state index contributed by atoms with van der Waals surface area (Å²) >= 11 is 1.44. The summed E-state index contributed by atoms with van der Waals surface area (Å²) in [6.45, 7) is 9.00. The molecule has 1 aromatic carbocycles. The summed E-state index contributed by atoms with van der Waals surface area (Å²) in [7, 11) is -4.35. The summed E-state index contributed by atoms with van der Waals surface area (Å²) in [6, 6.07) is 5.43. The first-order valence-corrected chi connectivity index (χ1v) is 15.4. The van der Waals surface area contributed by atoms with Gasteiger partial charge in [-0.2, -0.15) is 5.09 Å². The molecule has 6 atom stereocenters. The molecule has 41 heavy (non-hydrogen) atoms. The molecule has 222 valence electrons. The fraction of sp³-hybridized carbons (Fsp3) is 0.444. The standard InChI is InChI=1S/C27H33FN3O8PS/c1-16(2)37-25(34)18(4)30-40(35,39-20-8-6-19(7-9-20)21-14-41-15-29-21)36-13-22-24(33)27(5,28)26(38-22)31-11-10-17(3)12-23(31)32/h6-11,14-16,18,22,24,26,33H,3,12-13H2,1-2,4-5H3,(H,30,35)/t18-,22+,24+,26+,27+,40?/m0/s1. The quantitative estimate of drug-likeness (QED) is 0.279. The molecule has 2 aromatic rings. The fourth-order valence-corrected chi connectivity index (χ4v) is 6.30. The zero-order valence-corrected chi connectivity index (χ0v) is 24.8. The van der Waals surface area contributed by atoms with Gasteiger partial charge in [-0.3, -0.25) is 19.0 Å². The number of rotatable bonds is 11. The van der Waals surface area contributed by atoms with Gasteiger partial charge in [0, 0.05) is 17.1 Å². The van der Waals surface area contributed by atoms with Crippen LogP contribution in [0.2, 0.25) is 0 Å². The maximum Gasteiger partial charge on any atom is 0.459 e. The number of ether oxygens (including phenoxy) is 2. The SMILES string of the molecule is C=C1C=CN([C@@H]2O[C@H](COP(=O)(N[C@@H](C)C(=O)OC(C)C)Oc3ccc(-c4cscn4)cc3)[C@@H](O)[C@@]2(C)F)C(=O)C1. The normalized spacial score (nSPS) is 26.7. The van der Waals surface area contributed by atoms with Crippen LogP contribution in [0.5, 0.6) is 5.75 Å². The first-order valence-electron chi connectivity index (χ1n) is 12.9. The van der Waals surface area contributed by atoms with E-state index in [4.69, 9.17) is 18.5 Å². The van der Waals surface area contributed by atoms with Crippen LogP contribution >= 0.6 is 19.1 Å². The van der Waals surface area contributed by atoms with Crippen molar-refractivity contribution in [3.8, 4) is 17.0 Å². The van der Waals surface area contributed by atoms with Crippen LogP contribution in [0.3, 0.4) is 0 Å². The monoisotopic (exact) mass is 609 g/mol. The highest BCUT2D eigenvalue weighted by molar-refractivity contribution is 7.52. The second-order valence-corrected chi connectivity index (χ2v) is 12.6. The number of aliphatic hydroxyl groups excluding tert-OH is 1. The summed E-state index contributed by atoms with van der Waals surface area (Å²) in [6.07, 6.45) is -2.08. The average Bonchev–Trinajstić information content (AvgIpc) is 3.51. The van der Waals surface area contributed by atoms with E-state index in [1.54, 1.807) is 49.7 Å². The zero-order chi connectivity index (χ0) is 29.9. The van der Waals surface area contributed by atoms with Crippen LogP contribution in [0.25, 0.3) is 11.3 Å². The lowest BCUT2D eigenvalue weighted by atomic mass is 9.97. The first kappa shape index (κ1) is 31.0. The molecule has 2 aliphatic rings. The number of carbonyl (C=O) groups excluding carboxylic acids is 2. The highest BCUT2D eigenvalue weighted by atomic mass is 32.1. The summed E-state index contributed by atoms with van der Waals surface area (Å²) in [4.78, 5) is 30.3. The summed E-state index contributed by atoms with van der Waals surface area (Å²) in [5.74, 6) is -0.999. The molecule has 0 saturated carbocycles. The minimum absolute atomic E-state index is 0.0255. The largest absolute Gasteiger partial charge is 0.462 e. The number of aromatic nitrogens is 1. The van der Waals surface area contributed by atoms with Crippen molar-refractivity contribution >= 4 is 31.0 Å². The highest BCUT2D eigenvalue weighted by Gasteiger charge is 2.57. The number of halogens is 1. The highest BCUT2D eigenvalue weighted by Crippen LogP contribution is 2.47. The number of carbonyl (C=O) groups is 2. The van der Waals surface area contributed by atoms with Crippen molar-refractivity contribution in [2.75, 3.05) is 6.61 Å². The van der Waals surface area contributed by atoms with Gasteiger partial charge in [0.25, 0.3) is 0 Å². The number of alkyl halides is 1. The maximum absolute atomic E-state index is 15.7. The minimum Gasteiger partial charge on any atom is -0.462 e. The second kappa shape index (κ2) is 12.5. The van der Waals surface area contributed by atoms with Crippen LogP contribution in [0, 0.1) is 0 Å². The van der Waals surface area contributed by atoms with Crippen LogP contribution < -0.4 is 9.61 Å². The maximum atomic E-state index is 15.7. The summed E-state index contributed by atoms with van der Waals surface area (Å²) < 4.78 is 51.8. The Morgan fingerprint density at radius 2 is 2.07 bits per heavy atom. The Kier molecular flexibility index (Phi) is 9.47. The van der Waals surface area contributed by atoms with Gasteiger partial charge in [-0.05, 0) is 63.6 Å². The molecule has 11 nitrogen and oxygen atoms in total. The van der Waals surface area contributed by atoms with Gasteiger partial charge in [-0.25, -0.2) is 13.9 Å². The lowest BCUT2D eigenvalue weighted by molar-refractivity contribution is -0.149. The Morgan fingerprint density at radius 1 is 1.37 bits per heavy atom.